The highest BCUT2D eigenvalue weighted by atomic mass is 16.1. The fourth-order valence-corrected chi connectivity index (χ4v) is 2.53. The fourth-order valence-electron chi connectivity index (χ4n) is 2.53. The highest BCUT2D eigenvalue weighted by molar-refractivity contribution is 5.92. The topological polar surface area (TPSA) is 42.0 Å². The van der Waals surface area contributed by atoms with Gasteiger partial charge in [-0.05, 0) is 30.4 Å². The van der Waals surface area contributed by atoms with E-state index >= 15 is 0 Å². The molecule has 1 N–H and O–H groups in total. The number of rotatable bonds is 2. The summed E-state index contributed by atoms with van der Waals surface area (Å²) in [5.41, 5.74) is 0.512. The average molecular weight is 232 g/mol. The molecule has 0 unspecified atom stereocenters. The van der Waals surface area contributed by atoms with Crippen LogP contribution in [0.25, 0.3) is 0 Å². The molecule has 0 radical (unpaired) electrons. The van der Waals surface area contributed by atoms with E-state index in [2.05, 4.69) is 24.1 Å². The molecule has 3 heteroatoms. The Morgan fingerprint density at radius 3 is 2.88 bits per heavy atom. The van der Waals surface area contributed by atoms with Crippen LogP contribution in [-0.4, -0.2) is 16.9 Å². The predicted molar refractivity (Wildman–Crippen MR) is 67.7 cm³/mol. The second-order valence-corrected chi connectivity index (χ2v) is 5.06. The number of hydrogen-bond donors (Lipinski definition) is 1. The number of carbonyl (C=O) groups excluding carboxylic acids is 1. The fraction of sp³-hybridized carbons (Fsp3) is 0.571. The number of pyridine rings is 1. The molecule has 1 fully saturated rings. The van der Waals surface area contributed by atoms with Crippen LogP contribution in [0.4, 0.5) is 0 Å². The van der Waals surface area contributed by atoms with Crippen LogP contribution >= 0.6 is 0 Å². The second-order valence-electron chi connectivity index (χ2n) is 5.06. The van der Waals surface area contributed by atoms with Crippen molar-refractivity contribution in [3.05, 3.63) is 30.1 Å². The predicted octanol–water partition coefficient (Wildman–Crippen LogP) is 2.64. The summed E-state index contributed by atoms with van der Waals surface area (Å²) in [5.74, 6) is 1.20. The summed E-state index contributed by atoms with van der Waals surface area (Å²) in [6.45, 7) is 4.50. The lowest BCUT2D eigenvalue weighted by atomic mass is 9.78. The number of hydrogen-bond acceptors (Lipinski definition) is 2. The standard InChI is InChI=1S/C14H20N2O/c1-10-6-5-8-12(11(10)2)16-14(17)13-7-3-4-9-15-13/h3-4,7,9-12H,5-6,8H2,1-2H3,(H,16,17)/t10-,11-,12+/m1/s1. The first-order valence-electron chi connectivity index (χ1n) is 6.40. The highest BCUT2D eigenvalue weighted by Gasteiger charge is 2.28. The van der Waals surface area contributed by atoms with E-state index in [1.165, 1.54) is 12.8 Å². The van der Waals surface area contributed by atoms with E-state index in [0.717, 1.165) is 6.42 Å². The van der Waals surface area contributed by atoms with Crippen LogP contribution in [0.1, 0.15) is 43.6 Å². The van der Waals surface area contributed by atoms with Gasteiger partial charge in [0.2, 0.25) is 0 Å². The van der Waals surface area contributed by atoms with Crippen LogP contribution in [-0.2, 0) is 0 Å². The smallest absolute Gasteiger partial charge is 0.270 e. The van der Waals surface area contributed by atoms with Crippen molar-refractivity contribution in [2.24, 2.45) is 11.8 Å². The lowest BCUT2D eigenvalue weighted by Crippen LogP contribution is -2.43. The Bertz CT molecular complexity index is 377. The van der Waals surface area contributed by atoms with Crippen LogP contribution < -0.4 is 5.32 Å². The number of carbonyl (C=O) groups is 1. The number of nitrogens with zero attached hydrogens (tertiary/aromatic N) is 1. The van der Waals surface area contributed by atoms with Crippen molar-refractivity contribution < 1.29 is 4.79 Å². The van der Waals surface area contributed by atoms with Gasteiger partial charge in [0.05, 0.1) is 0 Å². The molecule has 1 aromatic rings. The molecular weight excluding hydrogens is 212 g/mol. The molecule has 0 bridgehead atoms. The number of aromatic nitrogens is 1. The lowest BCUT2D eigenvalue weighted by Gasteiger charge is -2.34. The van der Waals surface area contributed by atoms with Crippen molar-refractivity contribution in [2.75, 3.05) is 0 Å². The molecule has 0 aliphatic heterocycles. The zero-order valence-electron chi connectivity index (χ0n) is 10.5. The van der Waals surface area contributed by atoms with Gasteiger partial charge in [-0.2, -0.15) is 0 Å². The lowest BCUT2D eigenvalue weighted by molar-refractivity contribution is 0.0886. The number of amides is 1. The van der Waals surface area contributed by atoms with Crippen molar-refractivity contribution in [3.8, 4) is 0 Å². The first-order chi connectivity index (χ1) is 8.18. The minimum absolute atomic E-state index is 0.0449. The van der Waals surface area contributed by atoms with Gasteiger partial charge < -0.3 is 5.32 Å². The van der Waals surface area contributed by atoms with Gasteiger partial charge in [-0.25, -0.2) is 0 Å². The molecule has 1 saturated carbocycles. The Hall–Kier alpha value is -1.38. The van der Waals surface area contributed by atoms with Crippen molar-refractivity contribution in [1.82, 2.24) is 10.3 Å². The molecule has 1 aromatic heterocycles. The van der Waals surface area contributed by atoms with Gasteiger partial charge in [0.1, 0.15) is 5.69 Å². The maximum atomic E-state index is 12.0. The van der Waals surface area contributed by atoms with E-state index in [4.69, 9.17) is 0 Å². The van der Waals surface area contributed by atoms with E-state index < -0.39 is 0 Å². The molecule has 2 rings (SSSR count). The third-order valence-electron chi connectivity index (χ3n) is 3.92. The minimum atomic E-state index is -0.0449. The van der Waals surface area contributed by atoms with E-state index in [9.17, 15) is 4.79 Å². The first-order valence-corrected chi connectivity index (χ1v) is 6.40. The van der Waals surface area contributed by atoms with Gasteiger partial charge >= 0.3 is 0 Å². The van der Waals surface area contributed by atoms with Gasteiger partial charge in [0, 0.05) is 12.2 Å². The van der Waals surface area contributed by atoms with Crippen LogP contribution in [0.5, 0.6) is 0 Å². The molecule has 0 spiro atoms. The number of nitrogens with one attached hydrogen (secondary N) is 1. The Balaban J connectivity index is 1.99. The average Bonchev–Trinajstić information content (AvgIpc) is 2.36. The Labute approximate surface area is 103 Å². The quantitative estimate of drug-likeness (QED) is 0.851. The maximum Gasteiger partial charge on any atom is 0.270 e. The zero-order chi connectivity index (χ0) is 12.3. The second kappa shape index (κ2) is 5.30. The summed E-state index contributed by atoms with van der Waals surface area (Å²) >= 11 is 0. The molecule has 1 heterocycles. The zero-order valence-corrected chi connectivity index (χ0v) is 10.5. The molecule has 3 nitrogen and oxygen atoms in total. The summed E-state index contributed by atoms with van der Waals surface area (Å²) in [6.07, 6.45) is 5.22. The van der Waals surface area contributed by atoms with Gasteiger partial charge in [-0.15, -0.1) is 0 Å². The van der Waals surface area contributed by atoms with Gasteiger partial charge in [0.25, 0.3) is 5.91 Å². The van der Waals surface area contributed by atoms with Crippen molar-refractivity contribution in [1.29, 1.82) is 0 Å². The normalized spacial score (nSPS) is 28.7. The van der Waals surface area contributed by atoms with Crippen LogP contribution in [0.2, 0.25) is 0 Å². The van der Waals surface area contributed by atoms with Crippen molar-refractivity contribution >= 4 is 5.91 Å². The van der Waals surface area contributed by atoms with E-state index in [1.807, 2.05) is 12.1 Å². The third kappa shape index (κ3) is 2.84. The minimum Gasteiger partial charge on any atom is -0.348 e. The maximum absolute atomic E-state index is 12.0. The van der Waals surface area contributed by atoms with Gasteiger partial charge in [-0.3, -0.25) is 9.78 Å². The van der Waals surface area contributed by atoms with Crippen LogP contribution in [0.3, 0.4) is 0 Å². The summed E-state index contributed by atoms with van der Waals surface area (Å²) in [7, 11) is 0. The van der Waals surface area contributed by atoms with Crippen molar-refractivity contribution in [3.63, 3.8) is 0 Å². The SMILES string of the molecule is C[C@@H]1[C@H](C)CCC[C@@H]1NC(=O)c1ccccn1. The van der Waals surface area contributed by atoms with Crippen LogP contribution in [0.15, 0.2) is 24.4 Å². The Morgan fingerprint density at radius 1 is 1.35 bits per heavy atom. The molecule has 1 aliphatic rings. The van der Waals surface area contributed by atoms with Gasteiger partial charge in [-0.1, -0.05) is 32.8 Å². The summed E-state index contributed by atoms with van der Waals surface area (Å²) in [4.78, 5) is 16.1. The molecule has 92 valence electrons. The Morgan fingerprint density at radius 2 is 2.18 bits per heavy atom. The van der Waals surface area contributed by atoms with E-state index in [1.54, 1.807) is 12.3 Å². The molecular formula is C14H20N2O. The molecule has 0 saturated heterocycles. The van der Waals surface area contributed by atoms with Crippen molar-refractivity contribution in [2.45, 2.75) is 39.2 Å². The third-order valence-corrected chi connectivity index (χ3v) is 3.92. The molecule has 0 aromatic carbocycles. The molecule has 3 atom stereocenters. The highest BCUT2D eigenvalue weighted by Crippen LogP contribution is 2.29. The Kier molecular flexibility index (Phi) is 3.77. The molecule has 1 amide bonds. The van der Waals surface area contributed by atoms with E-state index in [-0.39, 0.29) is 5.91 Å². The summed E-state index contributed by atoms with van der Waals surface area (Å²) < 4.78 is 0. The molecule has 1 aliphatic carbocycles. The van der Waals surface area contributed by atoms with Gasteiger partial charge in [0.15, 0.2) is 0 Å². The summed E-state index contributed by atoms with van der Waals surface area (Å²) in [6, 6.07) is 5.72. The first kappa shape index (κ1) is 12.1. The van der Waals surface area contributed by atoms with E-state index in [0.29, 0.717) is 23.6 Å². The van der Waals surface area contributed by atoms with Crippen LogP contribution in [0, 0.1) is 11.8 Å². The largest absolute Gasteiger partial charge is 0.348 e. The monoisotopic (exact) mass is 232 g/mol. The summed E-state index contributed by atoms with van der Waals surface area (Å²) in [5, 5.41) is 3.11. The molecule has 17 heavy (non-hydrogen) atoms.